The van der Waals surface area contributed by atoms with Crippen LogP contribution in [0.3, 0.4) is 0 Å². The Kier molecular flexibility index (Phi) is 9.89. The molecule has 1 aliphatic heterocycles. The van der Waals surface area contributed by atoms with Crippen LogP contribution in [0.15, 0.2) is 66.7 Å². The number of ether oxygens (including phenoxy) is 2. The van der Waals surface area contributed by atoms with Crippen molar-refractivity contribution in [1.82, 2.24) is 5.32 Å². The number of hydrogen-bond acceptors (Lipinski definition) is 6. The first-order chi connectivity index (χ1) is 19.7. The molecule has 41 heavy (non-hydrogen) atoms. The third kappa shape index (κ3) is 7.58. The lowest BCUT2D eigenvalue weighted by Crippen LogP contribution is -2.47. The number of rotatable bonds is 10. The standard InChI is InChI=1S/C33H42N4O4/c1-33(2,3)25-13-11-24(12-14-25)31(38)35-26-15-16-28(27(23-26)32(39)34-17-8-22-40-4)36-18-20-37(21-19-36)29-9-6-7-10-30(29)41-5/h6-7,9-16,23H,8,17-22H2,1-5H3,(H,34,39)(H,35,38). The molecule has 0 bridgehead atoms. The Morgan fingerprint density at radius 2 is 1.49 bits per heavy atom. The van der Waals surface area contributed by atoms with Crippen LogP contribution in [-0.2, 0) is 10.2 Å². The van der Waals surface area contributed by atoms with Gasteiger partial charge in [0.15, 0.2) is 0 Å². The van der Waals surface area contributed by atoms with Crippen LogP contribution in [0.1, 0.15) is 53.5 Å². The molecule has 218 valence electrons. The van der Waals surface area contributed by atoms with Gasteiger partial charge in [-0.15, -0.1) is 0 Å². The van der Waals surface area contributed by atoms with Crippen LogP contribution in [0, 0.1) is 0 Å². The quantitative estimate of drug-likeness (QED) is 0.327. The Labute approximate surface area is 243 Å². The molecular formula is C33H42N4O4. The minimum Gasteiger partial charge on any atom is -0.495 e. The molecule has 1 saturated heterocycles. The summed E-state index contributed by atoms with van der Waals surface area (Å²) >= 11 is 0. The predicted octanol–water partition coefficient (Wildman–Crippen LogP) is 5.34. The number of para-hydroxylation sites is 2. The van der Waals surface area contributed by atoms with Crippen LogP contribution >= 0.6 is 0 Å². The summed E-state index contributed by atoms with van der Waals surface area (Å²) in [5, 5.41) is 5.99. The highest BCUT2D eigenvalue weighted by atomic mass is 16.5. The molecule has 0 saturated carbocycles. The molecule has 0 aromatic heterocycles. The molecule has 8 nitrogen and oxygen atoms in total. The first kappa shape index (κ1) is 29.9. The zero-order chi connectivity index (χ0) is 29.4. The highest BCUT2D eigenvalue weighted by Crippen LogP contribution is 2.31. The summed E-state index contributed by atoms with van der Waals surface area (Å²) in [5.41, 5.74) is 4.77. The summed E-state index contributed by atoms with van der Waals surface area (Å²) in [5.74, 6) is 0.467. The largest absolute Gasteiger partial charge is 0.495 e. The third-order valence-corrected chi connectivity index (χ3v) is 7.37. The second kappa shape index (κ2) is 13.5. The number of amides is 2. The van der Waals surface area contributed by atoms with Gasteiger partial charge in [-0.05, 0) is 59.9 Å². The smallest absolute Gasteiger partial charge is 0.255 e. The second-order valence-corrected chi connectivity index (χ2v) is 11.3. The van der Waals surface area contributed by atoms with Crippen molar-refractivity contribution in [1.29, 1.82) is 0 Å². The fourth-order valence-electron chi connectivity index (χ4n) is 4.99. The van der Waals surface area contributed by atoms with Crippen molar-refractivity contribution in [3.8, 4) is 5.75 Å². The first-order valence-corrected chi connectivity index (χ1v) is 14.2. The molecule has 8 heteroatoms. The van der Waals surface area contributed by atoms with Crippen molar-refractivity contribution in [3.05, 3.63) is 83.4 Å². The molecular weight excluding hydrogens is 516 g/mol. The summed E-state index contributed by atoms with van der Waals surface area (Å²) in [4.78, 5) is 31.0. The molecule has 3 aromatic rings. The number of carbonyl (C=O) groups is 2. The highest BCUT2D eigenvalue weighted by Gasteiger charge is 2.24. The van der Waals surface area contributed by atoms with Gasteiger partial charge in [-0.2, -0.15) is 0 Å². The Hall–Kier alpha value is -4.04. The molecule has 1 heterocycles. The molecule has 1 aliphatic rings. The van der Waals surface area contributed by atoms with E-state index in [0.29, 0.717) is 30.0 Å². The Morgan fingerprint density at radius 1 is 0.829 bits per heavy atom. The van der Waals surface area contributed by atoms with Crippen LogP contribution in [0.2, 0.25) is 0 Å². The number of benzene rings is 3. The van der Waals surface area contributed by atoms with E-state index in [1.54, 1.807) is 20.3 Å². The Morgan fingerprint density at radius 3 is 2.12 bits per heavy atom. The second-order valence-electron chi connectivity index (χ2n) is 11.3. The van der Waals surface area contributed by atoms with Gasteiger partial charge in [0.05, 0.1) is 18.4 Å². The van der Waals surface area contributed by atoms with Gasteiger partial charge < -0.3 is 29.9 Å². The van der Waals surface area contributed by atoms with Gasteiger partial charge in [0.1, 0.15) is 5.75 Å². The fraction of sp³-hybridized carbons (Fsp3) is 0.394. The Balaban J connectivity index is 1.52. The lowest BCUT2D eigenvalue weighted by molar-refractivity contribution is 0.0947. The van der Waals surface area contributed by atoms with Gasteiger partial charge in [0, 0.05) is 63.4 Å². The lowest BCUT2D eigenvalue weighted by Gasteiger charge is -2.38. The van der Waals surface area contributed by atoms with Crippen molar-refractivity contribution in [2.45, 2.75) is 32.6 Å². The molecule has 2 amide bonds. The summed E-state index contributed by atoms with van der Waals surface area (Å²) in [6, 6.07) is 21.3. The van der Waals surface area contributed by atoms with E-state index < -0.39 is 0 Å². The van der Waals surface area contributed by atoms with Gasteiger partial charge in [0.25, 0.3) is 11.8 Å². The average molecular weight is 559 g/mol. The van der Waals surface area contributed by atoms with Crippen LogP contribution < -0.4 is 25.2 Å². The number of hydrogen-bond donors (Lipinski definition) is 2. The zero-order valence-electron chi connectivity index (χ0n) is 24.8. The molecule has 0 aliphatic carbocycles. The first-order valence-electron chi connectivity index (χ1n) is 14.2. The van der Waals surface area contributed by atoms with E-state index in [9.17, 15) is 9.59 Å². The Bertz CT molecular complexity index is 1330. The van der Waals surface area contributed by atoms with Crippen molar-refractivity contribution in [2.24, 2.45) is 0 Å². The number of nitrogens with zero attached hydrogens (tertiary/aromatic N) is 2. The van der Waals surface area contributed by atoms with E-state index in [0.717, 1.165) is 55.3 Å². The molecule has 0 unspecified atom stereocenters. The van der Waals surface area contributed by atoms with E-state index in [-0.39, 0.29) is 17.2 Å². The number of nitrogens with one attached hydrogen (secondary N) is 2. The zero-order valence-corrected chi connectivity index (χ0v) is 24.8. The van der Waals surface area contributed by atoms with E-state index >= 15 is 0 Å². The lowest BCUT2D eigenvalue weighted by atomic mass is 9.87. The average Bonchev–Trinajstić information content (AvgIpc) is 2.99. The summed E-state index contributed by atoms with van der Waals surface area (Å²) < 4.78 is 10.7. The number of anilines is 3. The van der Waals surface area contributed by atoms with E-state index in [4.69, 9.17) is 9.47 Å². The van der Waals surface area contributed by atoms with E-state index in [1.165, 1.54) is 0 Å². The SMILES string of the molecule is COCCCNC(=O)c1cc(NC(=O)c2ccc(C(C)(C)C)cc2)ccc1N1CCN(c2ccccc2OC)CC1. The van der Waals surface area contributed by atoms with Gasteiger partial charge in [-0.3, -0.25) is 9.59 Å². The molecule has 2 N–H and O–H groups in total. The van der Waals surface area contributed by atoms with Crippen molar-refractivity contribution < 1.29 is 19.1 Å². The van der Waals surface area contributed by atoms with Crippen molar-refractivity contribution in [3.63, 3.8) is 0 Å². The number of methoxy groups -OCH3 is 2. The minimum atomic E-state index is -0.213. The van der Waals surface area contributed by atoms with Crippen molar-refractivity contribution >= 4 is 28.9 Å². The van der Waals surface area contributed by atoms with Gasteiger partial charge in [0.2, 0.25) is 0 Å². The van der Waals surface area contributed by atoms with Gasteiger partial charge in [-0.25, -0.2) is 0 Å². The summed E-state index contributed by atoms with van der Waals surface area (Å²) in [7, 11) is 3.33. The maximum atomic E-state index is 13.4. The third-order valence-electron chi connectivity index (χ3n) is 7.37. The van der Waals surface area contributed by atoms with Crippen LogP contribution in [0.4, 0.5) is 17.1 Å². The number of piperazine rings is 1. The van der Waals surface area contributed by atoms with Gasteiger partial charge in [-0.1, -0.05) is 45.0 Å². The summed E-state index contributed by atoms with van der Waals surface area (Å²) in [6.45, 7) is 10.6. The molecule has 0 radical (unpaired) electrons. The normalized spacial score (nSPS) is 13.6. The maximum absolute atomic E-state index is 13.4. The summed E-state index contributed by atoms with van der Waals surface area (Å²) in [6.07, 6.45) is 0.718. The maximum Gasteiger partial charge on any atom is 0.255 e. The topological polar surface area (TPSA) is 83.1 Å². The molecule has 0 spiro atoms. The van der Waals surface area contributed by atoms with Crippen LogP contribution in [-0.4, -0.2) is 65.4 Å². The highest BCUT2D eigenvalue weighted by molar-refractivity contribution is 6.06. The minimum absolute atomic E-state index is 0.00893. The van der Waals surface area contributed by atoms with E-state index in [1.807, 2.05) is 54.6 Å². The molecule has 1 fully saturated rings. The van der Waals surface area contributed by atoms with Crippen LogP contribution in [0.25, 0.3) is 0 Å². The van der Waals surface area contributed by atoms with E-state index in [2.05, 4.69) is 47.3 Å². The fourth-order valence-corrected chi connectivity index (χ4v) is 4.99. The van der Waals surface area contributed by atoms with Gasteiger partial charge >= 0.3 is 0 Å². The number of carbonyl (C=O) groups excluding carboxylic acids is 2. The molecule has 4 rings (SSSR count). The van der Waals surface area contributed by atoms with Crippen molar-refractivity contribution in [2.75, 3.05) is 68.7 Å². The molecule has 0 atom stereocenters. The predicted molar refractivity (Wildman–Crippen MR) is 166 cm³/mol. The monoisotopic (exact) mass is 558 g/mol. The van der Waals surface area contributed by atoms with Crippen LogP contribution in [0.5, 0.6) is 5.75 Å². The molecule has 3 aromatic carbocycles.